The topological polar surface area (TPSA) is 17.1 Å². The molecule has 0 saturated carbocycles. The van der Waals surface area contributed by atoms with E-state index in [-0.39, 0.29) is 10.8 Å². The molecule has 2 aliphatic rings. The minimum absolute atomic E-state index is 0.222. The summed E-state index contributed by atoms with van der Waals surface area (Å²) in [6.07, 6.45) is 4.79. The predicted octanol–water partition coefficient (Wildman–Crippen LogP) is 4.34. The summed E-state index contributed by atoms with van der Waals surface area (Å²) in [5, 5.41) is 0. The summed E-state index contributed by atoms with van der Waals surface area (Å²) in [6, 6.07) is 4.27. The van der Waals surface area contributed by atoms with Crippen molar-refractivity contribution in [2.75, 3.05) is 0 Å². The van der Waals surface area contributed by atoms with Crippen LogP contribution < -0.4 is 0 Å². The summed E-state index contributed by atoms with van der Waals surface area (Å²) >= 11 is 0. The SMILES string of the molecule is CC1(C)CCC2CC(C)(C)c3cc(C=O)cc1c32. The van der Waals surface area contributed by atoms with Gasteiger partial charge < -0.3 is 0 Å². The van der Waals surface area contributed by atoms with Gasteiger partial charge in [0.05, 0.1) is 0 Å². The molecule has 0 fully saturated rings. The number of carbonyl (C=O) groups is 1. The van der Waals surface area contributed by atoms with Crippen LogP contribution in [-0.4, -0.2) is 6.29 Å². The van der Waals surface area contributed by atoms with Crippen LogP contribution in [0.3, 0.4) is 0 Å². The van der Waals surface area contributed by atoms with Crippen molar-refractivity contribution in [3.63, 3.8) is 0 Å². The standard InChI is InChI=1S/C17H22O/c1-16(2)6-5-12-9-17(3,4)14-8-11(10-18)7-13(16)15(12)14/h7-8,10,12H,5-6,9H2,1-4H3. The van der Waals surface area contributed by atoms with Crippen molar-refractivity contribution in [1.29, 1.82) is 0 Å². The van der Waals surface area contributed by atoms with E-state index in [0.717, 1.165) is 17.8 Å². The Hall–Kier alpha value is -1.11. The molecule has 0 aromatic heterocycles. The number of benzene rings is 1. The third-order valence-corrected chi connectivity index (χ3v) is 5.08. The van der Waals surface area contributed by atoms with E-state index in [1.54, 1.807) is 5.56 Å². The molecule has 1 aromatic carbocycles. The highest BCUT2D eigenvalue weighted by Crippen LogP contribution is 2.55. The molecule has 0 N–H and O–H groups in total. The molecular formula is C17H22O. The fourth-order valence-corrected chi connectivity index (χ4v) is 4.05. The Kier molecular flexibility index (Phi) is 2.30. The van der Waals surface area contributed by atoms with Gasteiger partial charge in [0.15, 0.2) is 0 Å². The minimum atomic E-state index is 0.222. The van der Waals surface area contributed by atoms with E-state index in [2.05, 4.69) is 39.8 Å². The van der Waals surface area contributed by atoms with Gasteiger partial charge in [-0.3, -0.25) is 4.79 Å². The van der Waals surface area contributed by atoms with E-state index in [1.807, 2.05) is 0 Å². The first kappa shape index (κ1) is 12.0. The Bertz CT molecular complexity index is 523. The molecule has 1 heteroatoms. The molecule has 1 aromatic rings. The number of aldehydes is 1. The van der Waals surface area contributed by atoms with E-state index >= 15 is 0 Å². The van der Waals surface area contributed by atoms with Crippen LogP contribution in [0.5, 0.6) is 0 Å². The van der Waals surface area contributed by atoms with E-state index < -0.39 is 0 Å². The lowest BCUT2D eigenvalue weighted by Crippen LogP contribution is -2.25. The average molecular weight is 242 g/mol. The third-order valence-electron chi connectivity index (χ3n) is 5.08. The van der Waals surface area contributed by atoms with Crippen molar-refractivity contribution < 1.29 is 4.79 Å². The monoisotopic (exact) mass is 242 g/mol. The fourth-order valence-electron chi connectivity index (χ4n) is 4.05. The van der Waals surface area contributed by atoms with Gasteiger partial charge in [-0.2, -0.15) is 0 Å². The highest BCUT2D eigenvalue weighted by atomic mass is 16.1. The van der Waals surface area contributed by atoms with Crippen LogP contribution >= 0.6 is 0 Å². The van der Waals surface area contributed by atoms with E-state index in [1.165, 1.54) is 30.4 Å². The Morgan fingerprint density at radius 3 is 2.33 bits per heavy atom. The Morgan fingerprint density at radius 1 is 1.11 bits per heavy atom. The van der Waals surface area contributed by atoms with Gasteiger partial charge >= 0.3 is 0 Å². The molecule has 1 atom stereocenters. The zero-order valence-electron chi connectivity index (χ0n) is 11.8. The van der Waals surface area contributed by atoms with Gasteiger partial charge in [-0.1, -0.05) is 27.7 Å². The third kappa shape index (κ3) is 1.49. The molecule has 96 valence electrons. The molecule has 0 radical (unpaired) electrons. The summed E-state index contributed by atoms with van der Waals surface area (Å²) in [5.41, 5.74) is 5.74. The zero-order chi connectivity index (χ0) is 13.1. The number of hydrogen-bond acceptors (Lipinski definition) is 1. The van der Waals surface area contributed by atoms with Crippen molar-refractivity contribution in [2.24, 2.45) is 0 Å². The number of rotatable bonds is 1. The quantitative estimate of drug-likeness (QED) is 0.670. The van der Waals surface area contributed by atoms with Gasteiger partial charge in [0, 0.05) is 5.56 Å². The molecule has 0 bridgehead atoms. The summed E-state index contributed by atoms with van der Waals surface area (Å²) in [7, 11) is 0. The largest absolute Gasteiger partial charge is 0.298 e. The Balaban J connectivity index is 2.32. The second-order valence-corrected chi connectivity index (χ2v) is 7.36. The molecular weight excluding hydrogens is 220 g/mol. The first-order valence-electron chi connectivity index (χ1n) is 6.99. The summed E-state index contributed by atoms with van der Waals surface area (Å²) in [6.45, 7) is 9.28. The highest BCUT2D eigenvalue weighted by Gasteiger charge is 2.44. The van der Waals surface area contributed by atoms with Crippen molar-refractivity contribution >= 4 is 6.29 Å². The summed E-state index contributed by atoms with van der Waals surface area (Å²) in [5.74, 6) is 0.721. The number of carbonyl (C=O) groups excluding carboxylic acids is 1. The molecule has 1 unspecified atom stereocenters. The predicted molar refractivity (Wildman–Crippen MR) is 74.5 cm³/mol. The van der Waals surface area contributed by atoms with Crippen LogP contribution in [0.15, 0.2) is 12.1 Å². The first-order valence-corrected chi connectivity index (χ1v) is 6.99. The molecule has 0 amide bonds. The maximum absolute atomic E-state index is 11.2. The van der Waals surface area contributed by atoms with Crippen molar-refractivity contribution in [2.45, 2.75) is 63.7 Å². The van der Waals surface area contributed by atoms with E-state index in [4.69, 9.17) is 0 Å². The molecule has 18 heavy (non-hydrogen) atoms. The average Bonchev–Trinajstić information content (AvgIpc) is 2.57. The summed E-state index contributed by atoms with van der Waals surface area (Å²) in [4.78, 5) is 11.2. The maximum atomic E-state index is 11.2. The maximum Gasteiger partial charge on any atom is 0.150 e. The lowest BCUT2D eigenvalue weighted by atomic mass is 9.69. The van der Waals surface area contributed by atoms with Gasteiger partial charge in [0.25, 0.3) is 0 Å². The van der Waals surface area contributed by atoms with Gasteiger partial charge in [-0.15, -0.1) is 0 Å². The molecule has 3 rings (SSSR count). The Labute approximate surface area is 110 Å². The molecule has 0 aliphatic heterocycles. The van der Waals surface area contributed by atoms with Crippen molar-refractivity contribution in [3.05, 3.63) is 34.4 Å². The molecule has 0 spiro atoms. The minimum Gasteiger partial charge on any atom is -0.298 e. The van der Waals surface area contributed by atoms with Gasteiger partial charge in [0.1, 0.15) is 6.29 Å². The number of hydrogen-bond donors (Lipinski definition) is 0. The highest BCUT2D eigenvalue weighted by molar-refractivity contribution is 5.77. The lowest BCUT2D eigenvalue weighted by molar-refractivity contribution is 0.112. The molecule has 2 aliphatic carbocycles. The zero-order valence-corrected chi connectivity index (χ0v) is 11.8. The smallest absolute Gasteiger partial charge is 0.150 e. The van der Waals surface area contributed by atoms with Crippen LogP contribution in [0.25, 0.3) is 0 Å². The van der Waals surface area contributed by atoms with Crippen molar-refractivity contribution in [1.82, 2.24) is 0 Å². The Morgan fingerprint density at radius 2 is 1.72 bits per heavy atom. The van der Waals surface area contributed by atoms with Crippen LogP contribution in [0, 0.1) is 0 Å². The molecule has 0 saturated heterocycles. The summed E-state index contributed by atoms with van der Waals surface area (Å²) < 4.78 is 0. The second kappa shape index (κ2) is 3.46. The lowest BCUT2D eigenvalue weighted by Gasteiger charge is -2.35. The fraction of sp³-hybridized carbons (Fsp3) is 0.588. The van der Waals surface area contributed by atoms with Gasteiger partial charge in [-0.25, -0.2) is 0 Å². The van der Waals surface area contributed by atoms with Crippen LogP contribution in [0.1, 0.15) is 79.9 Å². The van der Waals surface area contributed by atoms with Crippen LogP contribution in [0.4, 0.5) is 0 Å². The molecule has 1 nitrogen and oxygen atoms in total. The van der Waals surface area contributed by atoms with Crippen LogP contribution in [0.2, 0.25) is 0 Å². The second-order valence-electron chi connectivity index (χ2n) is 7.36. The van der Waals surface area contributed by atoms with Crippen LogP contribution in [-0.2, 0) is 10.8 Å². The van der Waals surface area contributed by atoms with E-state index in [9.17, 15) is 4.79 Å². The molecule has 0 heterocycles. The van der Waals surface area contributed by atoms with Gasteiger partial charge in [0.2, 0.25) is 0 Å². The normalized spacial score (nSPS) is 26.8. The van der Waals surface area contributed by atoms with E-state index in [0.29, 0.717) is 0 Å². The van der Waals surface area contributed by atoms with Crippen molar-refractivity contribution in [3.8, 4) is 0 Å². The first-order chi connectivity index (χ1) is 8.35. The van der Waals surface area contributed by atoms with Gasteiger partial charge in [-0.05, 0) is 64.8 Å².